The van der Waals surface area contributed by atoms with Gasteiger partial charge in [-0.1, -0.05) is 23.2 Å². The molecule has 0 heterocycles. The molecule has 0 fully saturated rings. The fourth-order valence-electron chi connectivity index (χ4n) is 0.951. The van der Waals surface area contributed by atoms with Crippen LogP contribution in [0.25, 0.3) is 0 Å². The van der Waals surface area contributed by atoms with Crippen LogP contribution in [0.15, 0.2) is 18.2 Å². The van der Waals surface area contributed by atoms with E-state index in [0.717, 1.165) is 5.69 Å². The van der Waals surface area contributed by atoms with Gasteiger partial charge in [-0.15, -0.1) is 0 Å². The van der Waals surface area contributed by atoms with E-state index in [1.807, 2.05) is 18.0 Å². The van der Waals surface area contributed by atoms with Gasteiger partial charge in [-0.3, -0.25) is 5.84 Å². The summed E-state index contributed by atoms with van der Waals surface area (Å²) in [4.78, 5) is 1.92. The molecule has 0 aliphatic carbocycles. The van der Waals surface area contributed by atoms with Crippen molar-refractivity contribution in [1.29, 1.82) is 0 Å². The molecule has 1 aromatic carbocycles. The third kappa shape index (κ3) is 2.74. The molecule has 72 valence electrons. The van der Waals surface area contributed by atoms with Crippen molar-refractivity contribution < 1.29 is 0 Å². The molecule has 0 radical (unpaired) electrons. The highest BCUT2D eigenvalue weighted by molar-refractivity contribution is 6.42. The molecule has 0 unspecified atom stereocenters. The summed E-state index contributed by atoms with van der Waals surface area (Å²) in [7, 11) is 1.90. The molecule has 0 saturated carbocycles. The summed E-state index contributed by atoms with van der Waals surface area (Å²) < 4.78 is 0. The van der Waals surface area contributed by atoms with E-state index in [4.69, 9.17) is 29.0 Å². The average molecular weight is 220 g/mol. The number of halogens is 2. The summed E-state index contributed by atoms with van der Waals surface area (Å²) in [6.07, 6.45) is 0. The second-order valence-electron chi connectivity index (χ2n) is 2.66. The fourth-order valence-corrected chi connectivity index (χ4v) is 1.24. The SMILES string of the molecule is CN(CNN)c1ccc(Cl)c(Cl)c1. The molecule has 0 aliphatic heterocycles. The van der Waals surface area contributed by atoms with Crippen LogP contribution in [0.3, 0.4) is 0 Å². The van der Waals surface area contributed by atoms with E-state index in [2.05, 4.69) is 5.43 Å². The Bertz CT molecular complexity index is 291. The first-order valence-corrected chi connectivity index (χ1v) is 4.50. The molecular weight excluding hydrogens is 209 g/mol. The van der Waals surface area contributed by atoms with Gasteiger partial charge in [-0.05, 0) is 18.2 Å². The van der Waals surface area contributed by atoms with Crippen molar-refractivity contribution in [2.24, 2.45) is 5.84 Å². The Morgan fingerprint density at radius 1 is 1.38 bits per heavy atom. The van der Waals surface area contributed by atoms with E-state index in [1.165, 1.54) is 0 Å². The third-order valence-corrected chi connectivity index (χ3v) is 2.41. The van der Waals surface area contributed by atoms with Crippen LogP contribution in [0.4, 0.5) is 5.69 Å². The van der Waals surface area contributed by atoms with Crippen LogP contribution in [0.1, 0.15) is 0 Å². The Morgan fingerprint density at radius 3 is 2.62 bits per heavy atom. The minimum absolute atomic E-state index is 0.544. The van der Waals surface area contributed by atoms with Crippen LogP contribution in [0, 0.1) is 0 Å². The number of anilines is 1. The van der Waals surface area contributed by atoms with E-state index in [1.54, 1.807) is 12.1 Å². The molecule has 1 aromatic rings. The van der Waals surface area contributed by atoms with Crippen LogP contribution in [0.2, 0.25) is 10.0 Å². The van der Waals surface area contributed by atoms with Gasteiger partial charge in [0.15, 0.2) is 0 Å². The topological polar surface area (TPSA) is 41.3 Å². The summed E-state index contributed by atoms with van der Waals surface area (Å²) in [6, 6.07) is 5.43. The predicted octanol–water partition coefficient (Wildman–Crippen LogP) is 1.85. The number of hydrogen-bond donors (Lipinski definition) is 2. The standard InChI is InChI=1S/C8H11Cl2N3/c1-13(5-12-11)6-2-3-7(9)8(10)4-6/h2-4,12H,5,11H2,1H3. The van der Waals surface area contributed by atoms with Crippen molar-refractivity contribution in [3.05, 3.63) is 28.2 Å². The Hall–Kier alpha value is -0.480. The lowest BCUT2D eigenvalue weighted by atomic mass is 10.3. The lowest BCUT2D eigenvalue weighted by Crippen LogP contribution is -2.35. The van der Waals surface area contributed by atoms with Crippen LogP contribution in [-0.2, 0) is 0 Å². The van der Waals surface area contributed by atoms with Crippen LogP contribution in [-0.4, -0.2) is 13.7 Å². The Morgan fingerprint density at radius 2 is 2.08 bits per heavy atom. The zero-order valence-electron chi connectivity index (χ0n) is 7.22. The van der Waals surface area contributed by atoms with Gasteiger partial charge in [0.1, 0.15) is 0 Å². The number of nitrogens with zero attached hydrogens (tertiary/aromatic N) is 1. The number of nitrogens with two attached hydrogens (primary N) is 1. The second kappa shape index (κ2) is 4.67. The van der Waals surface area contributed by atoms with Crippen molar-refractivity contribution in [2.75, 3.05) is 18.6 Å². The lowest BCUT2D eigenvalue weighted by Gasteiger charge is -2.18. The quantitative estimate of drug-likeness (QED) is 0.464. The summed E-state index contributed by atoms with van der Waals surface area (Å²) in [6.45, 7) is 0.554. The highest BCUT2D eigenvalue weighted by Crippen LogP contribution is 2.26. The van der Waals surface area contributed by atoms with Gasteiger partial charge in [-0.2, -0.15) is 0 Å². The molecule has 0 aromatic heterocycles. The lowest BCUT2D eigenvalue weighted by molar-refractivity contribution is 0.718. The number of nitrogens with one attached hydrogen (secondary N) is 1. The van der Waals surface area contributed by atoms with Crippen molar-refractivity contribution >= 4 is 28.9 Å². The smallest absolute Gasteiger partial charge is 0.0805 e. The first kappa shape index (κ1) is 10.6. The molecule has 3 N–H and O–H groups in total. The highest BCUT2D eigenvalue weighted by atomic mass is 35.5. The third-order valence-electron chi connectivity index (χ3n) is 1.67. The largest absolute Gasteiger partial charge is 0.361 e. The van der Waals surface area contributed by atoms with Crippen molar-refractivity contribution in [1.82, 2.24) is 5.43 Å². The highest BCUT2D eigenvalue weighted by Gasteiger charge is 2.02. The normalized spacial score (nSPS) is 10.2. The summed E-state index contributed by atoms with van der Waals surface area (Å²) in [5, 5.41) is 1.10. The van der Waals surface area contributed by atoms with Gasteiger partial charge in [0.25, 0.3) is 0 Å². The summed E-state index contributed by atoms with van der Waals surface area (Å²) in [5.74, 6) is 5.18. The molecule has 0 saturated heterocycles. The number of hydrogen-bond acceptors (Lipinski definition) is 3. The minimum Gasteiger partial charge on any atom is -0.361 e. The number of rotatable bonds is 3. The van der Waals surface area contributed by atoms with E-state index < -0.39 is 0 Å². The monoisotopic (exact) mass is 219 g/mol. The summed E-state index contributed by atoms with van der Waals surface area (Å²) in [5.41, 5.74) is 3.52. The molecule has 0 spiro atoms. The first-order valence-electron chi connectivity index (χ1n) is 3.75. The maximum Gasteiger partial charge on any atom is 0.0805 e. The van der Waals surface area contributed by atoms with Crippen LogP contribution in [0.5, 0.6) is 0 Å². The number of hydrazine groups is 1. The van der Waals surface area contributed by atoms with Gasteiger partial charge in [0, 0.05) is 12.7 Å². The zero-order chi connectivity index (χ0) is 9.84. The van der Waals surface area contributed by atoms with Crippen molar-refractivity contribution in [2.45, 2.75) is 0 Å². The molecule has 3 nitrogen and oxygen atoms in total. The maximum atomic E-state index is 5.85. The van der Waals surface area contributed by atoms with Gasteiger partial charge >= 0.3 is 0 Å². The van der Waals surface area contributed by atoms with Gasteiger partial charge in [0.05, 0.1) is 16.7 Å². The van der Waals surface area contributed by atoms with Crippen LogP contribution >= 0.6 is 23.2 Å². The molecule has 0 bridgehead atoms. The molecule has 0 aliphatic rings. The Labute approximate surface area is 87.4 Å². The predicted molar refractivity (Wildman–Crippen MR) is 57.1 cm³/mol. The van der Waals surface area contributed by atoms with E-state index in [0.29, 0.717) is 16.7 Å². The Kier molecular flexibility index (Phi) is 3.81. The Balaban J connectivity index is 2.84. The number of benzene rings is 1. The zero-order valence-corrected chi connectivity index (χ0v) is 8.73. The minimum atomic E-state index is 0.544. The van der Waals surface area contributed by atoms with E-state index in [-0.39, 0.29) is 0 Å². The molecule has 0 amide bonds. The fraction of sp³-hybridized carbons (Fsp3) is 0.250. The van der Waals surface area contributed by atoms with E-state index in [9.17, 15) is 0 Å². The van der Waals surface area contributed by atoms with Gasteiger partial charge < -0.3 is 4.90 Å². The molecule has 5 heteroatoms. The van der Waals surface area contributed by atoms with E-state index >= 15 is 0 Å². The van der Waals surface area contributed by atoms with Crippen molar-refractivity contribution in [3.63, 3.8) is 0 Å². The molecular formula is C8H11Cl2N3. The molecule has 0 atom stereocenters. The van der Waals surface area contributed by atoms with Crippen molar-refractivity contribution in [3.8, 4) is 0 Å². The average Bonchev–Trinajstić information content (AvgIpc) is 2.10. The van der Waals surface area contributed by atoms with Crippen LogP contribution < -0.4 is 16.2 Å². The molecule has 1 rings (SSSR count). The second-order valence-corrected chi connectivity index (χ2v) is 3.47. The van der Waals surface area contributed by atoms with Gasteiger partial charge in [-0.25, -0.2) is 5.43 Å². The summed E-state index contributed by atoms with van der Waals surface area (Å²) >= 11 is 11.6. The van der Waals surface area contributed by atoms with Gasteiger partial charge in [0.2, 0.25) is 0 Å². The first-order chi connectivity index (χ1) is 6.15. The molecule has 13 heavy (non-hydrogen) atoms. The maximum absolute atomic E-state index is 5.85.